The molecule has 0 spiro atoms. The molecule has 4 nitrogen and oxygen atoms in total. The van der Waals surface area contributed by atoms with Crippen molar-refractivity contribution in [2.24, 2.45) is 5.92 Å². The molecule has 1 aliphatic rings. The fourth-order valence-corrected chi connectivity index (χ4v) is 1.54. The lowest BCUT2D eigenvalue weighted by Gasteiger charge is -2.42. The van der Waals surface area contributed by atoms with Gasteiger partial charge in [-0.2, -0.15) is 0 Å². The van der Waals surface area contributed by atoms with Gasteiger partial charge in [0.25, 0.3) is 0 Å². The average Bonchev–Trinajstić information content (AvgIpc) is 2.13. The molecule has 0 aliphatic carbocycles. The van der Waals surface area contributed by atoms with Crippen LogP contribution in [0, 0.1) is 5.92 Å². The Bertz CT molecular complexity index is 193. The van der Waals surface area contributed by atoms with Gasteiger partial charge in [0.1, 0.15) is 6.10 Å². The molecule has 0 amide bonds. The Morgan fingerprint density at radius 1 is 1.31 bits per heavy atom. The van der Waals surface area contributed by atoms with Gasteiger partial charge in [-0.25, -0.2) is 0 Å². The lowest BCUT2D eigenvalue weighted by Crippen LogP contribution is -2.55. The average molecular weight is 234 g/mol. The van der Waals surface area contributed by atoms with Crippen molar-refractivity contribution in [2.75, 3.05) is 7.11 Å². The summed E-state index contributed by atoms with van der Waals surface area (Å²) in [5, 5.41) is 18.9. The van der Waals surface area contributed by atoms with E-state index in [0.29, 0.717) is 6.42 Å². The van der Waals surface area contributed by atoms with E-state index in [2.05, 4.69) is 20.8 Å². The molecule has 1 saturated heterocycles. The third kappa shape index (κ3) is 4.78. The van der Waals surface area contributed by atoms with Crippen LogP contribution < -0.4 is 0 Å². The van der Waals surface area contributed by atoms with Crippen molar-refractivity contribution in [2.45, 2.75) is 65.1 Å². The summed E-state index contributed by atoms with van der Waals surface area (Å²) in [5.41, 5.74) is -0.697. The number of rotatable bonds is 1. The Kier molecular flexibility index (Phi) is 6.48. The molecule has 0 aromatic rings. The maximum atomic E-state index is 9.65. The first kappa shape index (κ1) is 15.8. The zero-order valence-corrected chi connectivity index (χ0v) is 11.2. The number of hydrogen-bond donors (Lipinski definition) is 2. The van der Waals surface area contributed by atoms with Crippen molar-refractivity contribution in [3.8, 4) is 0 Å². The zero-order valence-electron chi connectivity index (χ0n) is 11.2. The molecule has 0 bridgehead atoms. The maximum Gasteiger partial charge on any atom is 0.157 e. The quantitative estimate of drug-likeness (QED) is 0.722. The summed E-state index contributed by atoms with van der Waals surface area (Å²) in [6, 6.07) is 0. The molecule has 2 N–H and O–H groups in total. The van der Waals surface area contributed by atoms with E-state index in [9.17, 15) is 10.2 Å². The van der Waals surface area contributed by atoms with Crippen LogP contribution in [0.2, 0.25) is 0 Å². The van der Waals surface area contributed by atoms with Crippen LogP contribution in [0.25, 0.3) is 0 Å². The fraction of sp³-hybridized carbons (Fsp3) is 1.00. The van der Waals surface area contributed by atoms with Crippen molar-refractivity contribution >= 4 is 0 Å². The molecule has 0 saturated carbocycles. The number of hydrogen-bond acceptors (Lipinski definition) is 4. The number of methoxy groups -OCH3 is 1. The summed E-state index contributed by atoms with van der Waals surface area (Å²) in [6.07, 6.45) is -1.62. The molecule has 16 heavy (non-hydrogen) atoms. The molecular weight excluding hydrogens is 208 g/mol. The number of aliphatic hydroxyl groups is 2. The molecule has 1 fully saturated rings. The predicted octanol–water partition coefficient (Wildman–Crippen LogP) is 1.54. The van der Waals surface area contributed by atoms with Gasteiger partial charge in [-0.15, -0.1) is 0 Å². The Hall–Kier alpha value is -0.160. The summed E-state index contributed by atoms with van der Waals surface area (Å²) in [4.78, 5) is 0. The Morgan fingerprint density at radius 2 is 1.75 bits per heavy atom. The van der Waals surface area contributed by atoms with Crippen molar-refractivity contribution in [3.63, 3.8) is 0 Å². The second-order valence-corrected chi connectivity index (χ2v) is 5.19. The molecule has 1 heterocycles. The third-order valence-electron chi connectivity index (χ3n) is 2.49. The smallest absolute Gasteiger partial charge is 0.157 e. The lowest BCUT2D eigenvalue weighted by atomic mass is 9.89. The van der Waals surface area contributed by atoms with E-state index in [0.717, 1.165) is 5.92 Å². The highest BCUT2D eigenvalue weighted by atomic mass is 16.6. The van der Waals surface area contributed by atoms with E-state index in [4.69, 9.17) is 9.47 Å². The first-order chi connectivity index (χ1) is 7.23. The van der Waals surface area contributed by atoms with Crippen LogP contribution in [0.1, 0.15) is 41.0 Å². The molecule has 0 unspecified atom stereocenters. The maximum absolute atomic E-state index is 9.65. The van der Waals surface area contributed by atoms with E-state index in [1.165, 1.54) is 7.11 Å². The normalized spacial score (nSPS) is 39.2. The Labute approximate surface area is 98.6 Å². The van der Waals surface area contributed by atoms with E-state index in [-0.39, 0.29) is 0 Å². The second-order valence-electron chi connectivity index (χ2n) is 5.19. The van der Waals surface area contributed by atoms with Gasteiger partial charge in [-0.3, -0.25) is 0 Å². The Balaban J connectivity index is 0.000000487. The summed E-state index contributed by atoms with van der Waals surface area (Å²) in [7, 11) is 1.52. The van der Waals surface area contributed by atoms with Crippen molar-refractivity contribution < 1.29 is 19.7 Å². The van der Waals surface area contributed by atoms with Crippen LogP contribution >= 0.6 is 0 Å². The van der Waals surface area contributed by atoms with E-state index in [1.54, 1.807) is 13.8 Å². The van der Waals surface area contributed by atoms with E-state index >= 15 is 0 Å². The lowest BCUT2D eigenvalue weighted by molar-refractivity contribution is -0.263. The molecule has 1 aliphatic heterocycles. The van der Waals surface area contributed by atoms with Crippen LogP contribution in [-0.2, 0) is 9.47 Å². The van der Waals surface area contributed by atoms with Crippen LogP contribution in [0.4, 0.5) is 0 Å². The summed E-state index contributed by atoms with van der Waals surface area (Å²) < 4.78 is 10.2. The van der Waals surface area contributed by atoms with Crippen LogP contribution in [0.5, 0.6) is 0 Å². The molecule has 1 rings (SSSR count). The van der Waals surface area contributed by atoms with Crippen molar-refractivity contribution in [1.82, 2.24) is 0 Å². The highest BCUT2D eigenvalue weighted by molar-refractivity contribution is 4.91. The molecular formula is C12H26O4. The highest BCUT2D eigenvalue weighted by Crippen LogP contribution is 2.30. The summed E-state index contributed by atoms with van der Waals surface area (Å²) >= 11 is 0. The summed E-state index contributed by atoms with van der Waals surface area (Å²) in [5.74, 6) is 0.833. The Morgan fingerprint density at radius 3 is 2.12 bits per heavy atom. The summed E-state index contributed by atoms with van der Waals surface area (Å²) in [6.45, 7) is 9.98. The van der Waals surface area contributed by atoms with Gasteiger partial charge < -0.3 is 19.7 Å². The van der Waals surface area contributed by atoms with E-state index < -0.39 is 24.1 Å². The minimum absolute atomic E-state index is 0.301. The fourth-order valence-electron chi connectivity index (χ4n) is 1.54. The van der Waals surface area contributed by atoms with Crippen LogP contribution in [-0.4, -0.2) is 41.4 Å². The first-order valence-corrected chi connectivity index (χ1v) is 5.79. The van der Waals surface area contributed by atoms with E-state index in [1.807, 2.05) is 0 Å². The number of aliphatic hydroxyl groups excluding tert-OH is 2. The monoisotopic (exact) mass is 234 g/mol. The van der Waals surface area contributed by atoms with Gasteiger partial charge in [-0.05, 0) is 19.8 Å². The molecule has 0 radical (unpaired) electrons. The van der Waals surface area contributed by atoms with Gasteiger partial charge >= 0.3 is 0 Å². The SMILES string of the molecule is CC(C)C.CO[C@]1(C)C[C@H](O)O[C@@H](C)[C@@H]1O. The standard InChI is InChI=1S/C8H16O4.C4H10/c1-5-7(10)8(2,11-3)4-6(9)12-5;1-4(2)3/h5-7,9-10H,4H2,1-3H3;4H,1-3H3/t5-,6+,7-,8+;/m0./s1. The van der Waals surface area contributed by atoms with Gasteiger partial charge in [0.15, 0.2) is 6.29 Å². The molecule has 0 aromatic carbocycles. The van der Waals surface area contributed by atoms with Crippen molar-refractivity contribution in [3.05, 3.63) is 0 Å². The topological polar surface area (TPSA) is 58.9 Å². The number of ether oxygens (including phenoxy) is 2. The molecule has 4 heteroatoms. The highest BCUT2D eigenvalue weighted by Gasteiger charge is 2.44. The van der Waals surface area contributed by atoms with Crippen LogP contribution in [0.15, 0.2) is 0 Å². The van der Waals surface area contributed by atoms with Crippen molar-refractivity contribution in [1.29, 1.82) is 0 Å². The van der Waals surface area contributed by atoms with Crippen LogP contribution in [0.3, 0.4) is 0 Å². The predicted molar refractivity (Wildman–Crippen MR) is 63.1 cm³/mol. The van der Waals surface area contributed by atoms with Gasteiger partial charge in [0, 0.05) is 13.5 Å². The van der Waals surface area contributed by atoms with Gasteiger partial charge in [-0.1, -0.05) is 20.8 Å². The van der Waals surface area contributed by atoms with Gasteiger partial charge in [0.05, 0.1) is 11.7 Å². The largest absolute Gasteiger partial charge is 0.387 e. The zero-order chi connectivity index (χ0) is 12.9. The second kappa shape index (κ2) is 6.55. The molecule has 98 valence electrons. The molecule has 0 aromatic heterocycles. The van der Waals surface area contributed by atoms with Gasteiger partial charge in [0.2, 0.25) is 0 Å². The molecule has 4 atom stereocenters. The third-order valence-corrected chi connectivity index (χ3v) is 2.49. The minimum Gasteiger partial charge on any atom is -0.387 e. The first-order valence-electron chi connectivity index (χ1n) is 5.79. The minimum atomic E-state index is -0.839.